The van der Waals surface area contributed by atoms with E-state index in [2.05, 4.69) is 4.98 Å². The second-order valence-electron chi connectivity index (χ2n) is 2.55. The molecule has 2 aromatic rings. The average Bonchev–Trinajstić information content (AvgIpc) is 2.59. The highest BCUT2D eigenvalue weighted by Crippen LogP contribution is 2.08. The Hall–Kier alpha value is -2.15. The molecule has 0 bridgehead atoms. The Labute approximate surface area is 74.1 Å². The molecule has 0 aliphatic carbocycles. The number of fused-ring (bicyclic) bond motifs is 1. The second-order valence-corrected chi connectivity index (χ2v) is 2.55. The number of hydrogen-bond acceptors (Lipinski definition) is 3. The highest BCUT2D eigenvalue weighted by Gasteiger charge is 2.03. The number of rotatable bonds is 1. The summed E-state index contributed by atoms with van der Waals surface area (Å²) in [5.74, 6) is 0. The predicted octanol–water partition coefficient (Wildman–Crippen LogP) is 1.02. The number of imidazole rings is 1. The molecule has 0 fully saturated rings. The zero-order valence-corrected chi connectivity index (χ0v) is 6.64. The number of aromatic nitrogens is 2. The zero-order valence-electron chi connectivity index (χ0n) is 6.64. The summed E-state index contributed by atoms with van der Waals surface area (Å²) in [6.07, 6.45) is 3.99. The van der Waals surface area contributed by atoms with Crippen LogP contribution in [0, 0.1) is 11.3 Å². The maximum Gasteiger partial charge on any atom is 0.170 e. The molecule has 0 amide bonds. The third kappa shape index (κ3) is 1.07. The van der Waals surface area contributed by atoms with E-state index in [1.165, 1.54) is 0 Å². The fraction of sp³-hybridized carbons (Fsp3) is 0. The van der Waals surface area contributed by atoms with Crippen LogP contribution in [0.15, 0.2) is 24.5 Å². The van der Waals surface area contributed by atoms with E-state index < -0.39 is 0 Å². The van der Waals surface area contributed by atoms with Crippen LogP contribution in [-0.4, -0.2) is 15.7 Å². The highest BCUT2D eigenvalue weighted by molar-refractivity contribution is 5.74. The van der Waals surface area contributed by atoms with Crippen molar-refractivity contribution in [1.82, 2.24) is 9.38 Å². The normalized spacial score (nSPS) is 9.77. The Bertz CT molecular complexity index is 507. The molecule has 2 aromatic heterocycles. The van der Waals surface area contributed by atoms with Crippen LogP contribution < -0.4 is 0 Å². The smallest absolute Gasteiger partial charge is 0.170 e. The molecule has 0 atom stereocenters. The third-order valence-corrected chi connectivity index (χ3v) is 1.74. The molecule has 0 unspecified atom stereocenters. The molecule has 2 rings (SSSR count). The Morgan fingerprint density at radius 1 is 1.62 bits per heavy atom. The van der Waals surface area contributed by atoms with Crippen molar-refractivity contribution in [2.75, 3.05) is 0 Å². The van der Waals surface area contributed by atoms with E-state index >= 15 is 0 Å². The number of hydrogen-bond donors (Lipinski definition) is 0. The van der Waals surface area contributed by atoms with Crippen molar-refractivity contribution < 1.29 is 4.79 Å². The first-order valence-electron chi connectivity index (χ1n) is 3.68. The number of pyridine rings is 1. The van der Waals surface area contributed by atoms with Crippen molar-refractivity contribution in [2.45, 2.75) is 0 Å². The zero-order chi connectivity index (χ0) is 9.26. The molecule has 0 saturated carbocycles. The van der Waals surface area contributed by atoms with Gasteiger partial charge in [0.1, 0.15) is 11.8 Å². The van der Waals surface area contributed by atoms with Crippen LogP contribution in [0.2, 0.25) is 0 Å². The Balaban J connectivity index is 2.83. The number of carbonyl (C=O) groups is 1. The molecule has 0 saturated heterocycles. The summed E-state index contributed by atoms with van der Waals surface area (Å²) in [4.78, 5) is 14.4. The summed E-state index contributed by atoms with van der Waals surface area (Å²) in [6.45, 7) is 0. The third-order valence-electron chi connectivity index (χ3n) is 1.74. The van der Waals surface area contributed by atoms with Crippen molar-refractivity contribution in [3.63, 3.8) is 0 Å². The molecule has 0 radical (unpaired) electrons. The Morgan fingerprint density at radius 2 is 2.46 bits per heavy atom. The lowest BCUT2D eigenvalue weighted by Crippen LogP contribution is -1.85. The minimum absolute atomic E-state index is 0.336. The van der Waals surface area contributed by atoms with E-state index in [0.717, 1.165) is 0 Å². The molecule has 0 aromatic carbocycles. The maximum atomic E-state index is 10.4. The van der Waals surface area contributed by atoms with Gasteiger partial charge in [0, 0.05) is 12.4 Å². The van der Waals surface area contributed by atoms with E-state index in [9.17, 15) is 4.79 Å². The van der Waals surface area contributed by atoms with Crippen LogP contribution in [0.3, 0.4) is 0 Å². The van der Waals surface area contributed by atoms with Crippen molar-refractivity contribution in [2.24, 2.45) is 0 Å². The summed E-state index contributed by atoms with van der Waals surface area (Å²) in [7, 11) is 0. The van der Waals surface area contributed by atoms with Gasteiger partial charge in [0.2, 0.25) is 0 Å². The summed E-state index contributed by atoms with van der Waals surface area (Å²) < 4.78 is 1.66. The van der Waals surface area contributed by atoms with Crippen molar-refractivity contribution >= 4 is 11.9 Å². The Kier molecular flexibility index (Phi) is 1.57. The maximum absolute atomic E-state index is 10.4. The highest BCUT2D eigenvalue weighted by atomic mass is 16.1. The van der Waals surface area contributed by atoms with Crippen LogP contribution in [-0.2, 0) is 0 Å². The molecule has 4 heteroatoms. The van der Waals surface area contributed by atoms with Crippen LogP contribution in [0.5, 0.6) is 0 Å². The first kappa shape index (κ1) is 7.50. The van der Waals surface area contributed by atoms with E-state index in [-0.39, 0.29) is 0 Å². The second kappa shape index (κ2) is 2.72. The fourth-order valence-electron chi connectivity index (χ4n) is 1.18. The van der Waals surface area contributed by atoms with Gasteiger partial charge in [-0.3, -0.25) is 4.79 Å². The minimum Gasteiger partial charge on any atom is -0.305 e. The van der Waals surface area contributed by atoms with Gasteiger partial charge in [0.15, 0.2) is 11.9 Å². The van der Waals surface area contributed by atoms with Crippen LogP contribution in [0.4, 0.5) is 0 Å². The molecule has 2 heterocycles. The van der Waals surface area contributed by atoms with Gasteiger partial charge in [0.25, 0.3) is 0 Å². The van der Waals surface area contributed by atoms with Crippen molar-refractivity contribution in [3.8, 4) is 6.07 Å². The van der Waals surface area contributed by atoms with Gasteiger partial charge in [-0.1, -0.05) is 0 Å². The minimum atomic E-state index is 0.336. The topological polar surface area (TPSA) is 58.2 Å². The molecule has 62 valence electrons. The average molecular weight is 171 g/mol. The van der Waals surface area contributed by atoms with Crippen LogP contribution >= 0.6 is 0 Å². The molecule has 0 N–H and O–H groups in total. The van der Waals surface area contributed by atoms with E-state index in [0.29, 0.717) is 23.2 Å². The van der Waals surface area contributed by atoms with Gasteiger partial charge < -0.3 is 4.40 Å². The molecular weight excluding hydrogens is 166 g/mol. The lowest BCUT2D eigenvalue weighted by molar-refractivity contribution is 0.111. The molecular formula is C9H5N3O. The molecule has 0 spiro atoms. The Morgan fingerprint density at radius 3 is 3.15 bits per heavy atom. The first-order valence-corrected chi connectivity index (χ1v) is 3.68. The lowest BCUT2D eigenvalue weighted by Gasteiger charge is -1.91. The number of aldehydes is 1. The van der Waals surface area contributed by atoms with Gasteiger partial charge in [-0.2, -0.15) is 5.26 Å². The number of carbonyl (C=O) groups excluding carboxylic acids is 1. The molecule has 0 aliphatic heterocycles. The van der Waals surface area contributed by atoms with Gasteiger partial charge in [0.05, 0.1) is 5.56 Å². The van der Waals surface area contributed by atoms with Crippen LogP contribution in [0.25, 0.3) is 5.65 Å². The van der Waals surface area contributed by atoms with E-state index in [1.807, 2.05) is 6.07 Å². The van der Waals surface area contributed by atoms with Gasteiger partial charge in [-0.05, 0) is 12.1 Å². The summed E-state index contributed by atoms with van der Waals surface area (Å²) in [5, 5.41) is 8.73. The number of nitriles is 1. The van der Waals surface area contributed by atoms with Gasteiger partial charge >= 0.3 is 0 Å². The van der Waals surface area contributed by atoms with Crippen LogP contribution in [0.1, 0.15) is 16.1 Å². The van der Waals surface area contributed by atoms with E-state index in [4.69, 9.17) is 5.26 Å². The quantitative estimate of drug-likeness (QED) is 0.602. The molecule has 13 heavy (non-hydrogen) atoms. The van der Waals surface area contributed by atoms with Crippen molar-refractivity contribution in [1.29, 1.82) is 5.26 Å². The standard InChI is InChI=1S/C9H5N3O/c10-4-7-2-1-3-12-5-8(6-13)11-9(7)12/h1-3,5-6H. The SMILES string of the molecule is N#Cc1cccn2cc(C=O)nc12. The molecule has 0 aliphatic rings. The largest absolute Gasteiger partial charge is 0.305 e. The predicted molar refractivity (Wildman–Crippen MR) is 45.3 cm³/mol. The van der Waals surface area contributed by atoms with Gasteiger partial charge in [-0.15, -0.1) is 0 Å². The van der Waals surface area contributed by atoms with E-state index in [1.54, 1.807) is 28.9 Å². The fourth-order valence-corrected chi connectivity index (χ4v) is 1.18. The molecule has 4 nitrogen and oxygen atoms in total. The summed E-state index contributed by atoms with van der Waals surface area (Å²) >= 11 is 0. The summed E-state index contributed by atoms with van der Waals surface area (Å²) in [6, 6.07) is 5.41. The lowest BCUT2D eigenvalue weighted by atomic mass is 10.3. The van der Waals surface area contributed by atoms with Gasteiger partial charge in [-0.25, -0.2) is 4.98 Å². The monoisotopic (exact) mass is 171 g/mol. The van der Waals surface area contributed by atoms with Crippen molar-refractivity contribution in [3.05, 3.63) is 35.8 Å². The summed E-state index contributed by atoms with van der Waals surface area (Å²) in [5.41, 5.74) is 1.32. The first-order chi connectivity index (χ1) is 6.35. The number of nitrogens with zero attached hydrogens (tertiary/aromatic N) is 3.